The second-order valence-electron chi connectivity index (χ2n) is 6.76. The summed E-state index contributed by atoms with van der Waals surface area (Å²) < 4.78 is 0. The van der Waals surface area contributed by atoms with Gasteiger partial charge in [0, 0.05) is 63.0 Å². The van der Waals surface area contributed by atoms with Crippen LogP contribution in [-0.2, 0) is 11.3 Å². The predicted octanol–water partition coefficient (Wildman–Crippen LogP) is 2.30. The Bertz CT molecular complexity index is 785. The molecule has 2 aliphatic heterocycles. The topological polar surface area (TPSA) is 68.8 Å². The Morgan fingerprint density at radius 2 is 1.89 bits per heavy atom. The fourth-order valence-electron chi connectivity index (χ4n) is 3.48. The summed E-state index contributed by atoms with van der Waals surface area (Å²) in [6.07, 6.45) is 3.37. The van der Waals surface area contributed by atoms with Crippen molar-refractivity contribution < 1.29 is 9.59 Å². The van der Waals surface area contributed by atoms with Gasteiger partial charge >= 0.3 is 6.03 Å². The van der Waals surface area contributed by atoms with Gasteiger partial charge < -0.3 is 20.0 Å². The van der Waals surface area contributed by atoms with Crippen LogP contribution in [0.2, 0.25) is 0 Å². The molecule has 2 saturated heterocycles. The Morgan fingerprint density at radius 3 is 2.52 bits per heavy atom. The van der Waals surface area contributed by atoms with E-state index in [0.717, 1.165) is 42.4 Å². The molecule has 0 aliphatic carbocycles. The molecule has 2 aliphatic rings. The minimum atomic E-state index is -0.0346. The van der Waals surface area contributed by atoms with E-state index in [-0.39, 0.29) is 11.9 Å². The third-order valence-electron chi connectivity index (χ3n) is 5.02. The number of nitrogens with one attached hydrogen (secondary N) is 1. The molecule has 8 heteroatoms. The zero-order chi connectivity index (χ0) is 18.6. The fourth-order valence-corrected chi connectivity index (χ4v) is 4.17. The van der Waals surface area contributed by atoms with Crippen molar-refractivity contribution in [3.63, 3.8) is 0 Å². The van der Waals surface area contributed by atoms with Gasteiger partial charge in [0.25, 0.3) is 0 Å². The van der Waals surface area contributed by atoms with Gasteiger partial charge in [-0.05, 0) is 24.1 Å². The largest absolute Gasteiger partial charge is 0.345 e. The van der Waals surface area contributed by atoms with Crippen molar-refractivity contribution in [2.75, 3.05) is 42.5 Å². The first kappa shape index (κ1) is 17.8. The van der Waals surface area contributed by atoms with Gasteiger partial charge in [-0.25, -0.2) is 9.78 Å². The molecule has 142 valence electrons. The first-order valence-corrected chi connectivity index (χ1v) is 10.2. The molecule has 2 fully saturated rings. The van der Waals surface area contributed by atoms with Crippen molar-refractivity contribution in [2.45, 2.75) is 19.4 Å². The lowest BCUT2D eigenvalue weighted by atomic mass is 10.2. The Balaban J connectivity index is 1.25. The number of thiazole rings is 1. The molecule has 4 rings (SSSR count). The highest BCUT2D eigenvalue weighted by molar-refractivity contribution is 7.13. The molecular weight excluding hydrogens is 362 g/mol. The summed E-state index contributed by atoms with van der Waals surface area (Å²) in [5, 5.41) is 5.98. The third-order valence-corrected chi connectivity index (χ3v) is 5.85. The summed E-state index contributed by atoms with van der Waals surface area (Å²) >= 11 is 1.63. The molecule has 0 bridgehead atoms. The molecule has 1 aromatic carbocycles. The number of nitrogens with zero attached hydrogens (tertiary/aromatic N) is 4. The van der Waals surface area contributed by atoms with E-state index in [0.29, 0.717) is 26.1 Å². The molecule has 1 aromatic heterocycles. The van der Waals surface area contributed by atoms with Crippen LogP contribution >= 0.6 is 11.3 Å². The lowest BCUT2D eigenvalue weighted by Gasteiger charge is -2.34. The maximum Gasteiger partial charge on any atom is 0.317 e. The molecule has 2 aromatic rings. The number of hydrogen-bond donors (Lipinski definition) is 1. The molecule has 3 heterocycles. The van der Waals surface area contributed by atoms with E-state index in [4.69, 9.17) is 0 Å². The molecule has 27 heavy (non-hydrogen) atoms. The summed E-state index contributed by atoms with van der Waals surface area (Å²) in [6.45, 7) is 4.28. The number of piperazine rings is 1. The molecule has 3 amide bonds. The van der Waals surface area contributed by atoms with Crippen LogP contribution in [0.15, 0.2) is 35.8 Å². The van der Waals surface area contributed by atoms with Gasteiger partial charge in [0.05, 0.1) is 0 Å². The van der Waals surface area contributed by atoms with Crippen LogP contribution in [-0.4, -0.2) is 54.5 Å². The van der Waals surface area contributed by atoms with Crippen LogP contribution in [0.4, 0.5) is 15.6 Å². The Kier molecular flexibility index (Phi) is 5.24. The standard InChI is InChI=1S/C19H23N5O2S/c25-17-2-1-8-24(17)16-5-3-15(4-6-16)14-21-18(26)22-9-11-23(12-10-22)19-20-7-13-27-19/h3-7,13H,1-2,8-12,14H2,(H,21,26). The normalized spacial score (nSPS) is 17.5. The molecule has 0 spiro atoms. The average molecular weight is 385 g/mol. The van der Waals surface area contributed by atoms with Gasteiger partial charge in [0.15, 0.2) is 5.13 Å². The van der Waals surface area contributed by atoms with E-state index in [9.17, 15) is 9.59 Å². The summed E-state index contributed by atoms with van der Waals surface area (Å²) in [5.74, 6) is 0.188. The highest BCUT2D eigenvalue weighted by atomic mass is 32.1. The molecule has 0 unspecified atom stereocenters. The summed E-state index contributed by atoms with van der Waals surface area (Å²) in [5.41, 5.74) is 1.96. The van der Waals surface area contributed by atoms with E-state index >= 15 is 0 Å². The minimum Gasteiger partial charge on any atom is -0.345 e. The van der Waals surface area contributed by atoms with Crippen molar-refractivity contribution in [1.29, 1.82) is 0 Å². The lowest BCUT2D eigenvalue weighted by molar-refractivity contribution is -0.117. The second-order valence-corrected chi connectivity index (χ2v) is 7.64. The van der Waals surface area contributed by atoms with E-state index in [1.165, 1.54) is 0 Å². The van der Waals surface area contributed by atoms with E-state index in [1.54, 1.807) is 11.3 Å². The van der Waals surface area contributed by atoms with Crippen molar-refractivity contribution in [3.8, 4) is 0 Å². The molecule has 7 nitrogen and oxygen atoms in total. The Hall–Kier alpha value is -2.61. The molecule has 1 N–H and O–H groups in total. The third kappa shape index (κ3) is 4.05. The minimum absolute atomic E-state index is 0.0346. The van der Waals surface area contributed by atoms with Gasteiger partial charge in [0.1, 0.15) is 0 Å². The van der Waals surface area contributed by atoms with Gasteiger partial charge in [-0.3, -0.25) is 4.79 Å². The number of hydrogen-bond acceptors (Lipinski definition) is 5. The van der Waals surface area contributed by atoms with Crippen LogP contribution in [0.1, 0.15) is 18.4 Å². The number of benzene rings is 1. The quantitative estimate of drug-likeness (QED) is 0.877. The smallest absolute Gasteiger partial charge is 0.317 e. The highest BCUT2D eigenvalue weighted by Gasteiger charge is 2.23. The van der Waals surface area contributed by atoms with Crippen molar-refractivity contribution in [3.05, 3.63) is 41.4 Å². The average Bonchev–Trinajstić information content (AvgIpc) is 3.39. The van der Waals surface area contributed by atoms with Crippen LogP contribution < -0.4 is 15.1 Å². The van der Waals surface area contributed by atoms with E-state index < -0.39 is 0 Å². The lowest BCUT2D eigenvalue weighted by Crippen LogP contribution is -2.51. The van der Waals surface area contributed by atoms with Gasteiger partial charge in [-0.15, -0.1) is 11.3 Å². The number of rotatable bonds is 4. The van der Waals surface area contributed by atoms with Crippen molar-refractivity contribution >= 4 is 34.1 Å². The monoisotopic (exact) mass is 385 g/mol. The fraction of sp³-hybridized carbons (Fsp3) is 0.421. The maximum absolute atomic E-state index is 12.4. The zero-order valence-corrected chi connectivity index (χ0v) is 16.0. The molecular formula is C19H23N5O2S. The van der Waals surface area contributed by atoms with Crippen molar-refractivity contribution in [1.82, 2.24) is 15.2 Å². The maximum atomic E-state index is 12.4. The molecule has 0 atom stereocenters. The SMILES string of the molecule is O=C(NCc1ccc(N2CCCC2=O)cc1)N1CCN(c2nccs2)CC1. The first-order valence-electron chi connectivity index (χ1n) is 9.27. The summed E-state index contributed by atoms with van der Waals surface area (Å²) in [7, 11) is 0. The first-order chi connectivity index (χ1) is 13.2. The number of aromatic nitrogens is 1. The second kappa shape index (κ2) is 7.96. The van der Waals surface area contributed by atoms with Crippen LogP contribution in [0.3, 0.4) is 0 Å². The summed E-state index contributed by atoms with van der Waals surface area (Å²) in [4.78, 5) is 34.4. The number of urea groups is 1. The Morgan fingerprint density at radius 1 is 1.11 bits per heavy atom. The number of carbonyl (C=O) groups is 2. The number of carbonyl (C=O) groups excluding carboxylic acids is 2. The number of amides is 3. The van der Waals surface area contributed by atoms with Gasteiger partial charge in [0.2, 0.25) is 5.91 Å². The molecule has 0 radical (unpaired) electrons. The molecule has 0 saturated carbocycles. The van der Waals surface area contributed by atoms with Crippen LogP contribution in [0.5, 0.6) is 0 Å². The van der Waals surface area contributed by atoms with E-state index in [1.807, 2.05) is 45.6 Å². The summed E-state index contributed by atoms with van der Waals surface area (Å²) in [6, 6.07) is 7.82. The zero-order valence-electron chi connectivity index (χ0n) is 15.1. The Labute approximate surface area is 162 Å². The number of anilines is 2. The van der Waals surface area contributed by atoms with Gasteiger partial charge in [-0.2, -0.15) is 0 Å². The van der Waals surface area contributed by atoms with Gasteiger partial charge in [-0.1, -0.05) is 12.1 Å². The van der Waals surface area contributed by atoms with Crippen LogP contribution in [0, 0.1) is 0 Å². The van der Waals surface area contributed by atoms with Crippen molar-refractivity contribution in [2.24, 2.45) is 0 Å². The van der Waals surface area contributed by atoms with Crippen LogP contribution in [0.25, 0.3) is 0 Å². The highest BCUT2D eigenvalue weighted by Crippen LogP contribution is 2.22. The predicted molar refractivity (Wildman–Crippen MR) is 106 cm³/mol. The van der Waals surface area contributed by atoms with E-state index in [2.05, 4.69) is 15.2 Å².